The molecule has 0 aliphatic rings. The van der Waals surface area contributed by atoms with E-state index in [1.165, 1.54) is 0 Å². The first-order chi connectivity index (χ1) is 8.10. The van der Waals surface area contributed by atoms with E-state index in [-0.39, 0.29) is 6.04 Å². The number of likely N-dealkylation sites (N-methyl/N-ethyl adjacent to an activating group) is 1. The van der Waals surface area contributed by atoms with Gasteiger partial charge < -0.3 is 9.64 Å². The van der Waals surface area contributed by atoms with Crippen molar-refractivity contribution in [2.45, 2.75) is 12.6 Å². The normalized spacial score (nSPS) is 13.3. The van der Waals surface area contributed by atoms with E-state index in [2.05, 4.69) is 31.4 Å². The van der Waals surface area contributed by atoms with Crippen LogP contribution in [0, 0.1) is 0 Å². The van der Waals surface area contributed by atoms with Crippen LogP contribution < -0.4 is 11.3 Å². The minimum Gasteiger partial charge on any atom is -0.383 e. The number of hydrazine groups is 1. The van der Waals surface area contributed by atoms with Gasteiger partial charge in [-0.3, -0.25) is 16.0 Å². The highest BCUT2D eigenvalue weighted by Gasteiger charge is 2.19. The van der Waals surface area contributed by atoms with Crippen molar-refractivity contribution < 1.29 is 4.74 Å². The third-order valence-electron chi connectivity index (χ3n) is 2.42. The van der Waals surface area contributed by atoms with Crippen LogP contribution >= 0.6 is 15.9 Å². The maximum atomic E-state index is 5.61. The number of nitrogens with zero attached hydrogens (tertiary/aromatic N) is 3. The van der Waals surface area contributed by atoms with Crippen molar-refractivity contribution in [3.05, 3.63) is 16.4 Å². The molecule has 0 radical (unpaired) electrons. The first-order valence-electron chi connectivity index (χ1n) is 5.41. The van der Waals surface area contributed by atoms with Gasteiger partial charge in [-0.25, -0.2) is 0 Å². The van der Waals surface area contributed by atoms with Crippen molar-refractivity contribution in [3.8, 4) is 0 Å². The molecule has 1 heterocycles. The summed E-state index contributed by atoms with van der Waals surface area (Å²) in [5.74, 6) is 5.61. The molecular weight excluding hydrogens is 286 g/mol. The zero-order chi connectivity index (χ0) is 12.8. The van der Waals surface area contributed by atoms with Gasteiger partial charge in [0.25, 0.3) is 0 Å². The zero-order valence-electron chi connectivity index (χ0n) is 10.5. The molecule has 0 amide bonds. The van der Waals surface area contributed by atoms with Crippen LogP contribution in [0.3, 0.4) is 0 Å². The first-order valence-corrected chi connectivity index (χ1v) is 6.20. The summed E-state index contributed by atoms with van der Waals surface area (Å²) in [5, 5.41) is 4.31. The Morgan fingerprint density at radius 3 is 2.88 bits per heavy atom. The monoisotopic (exact) mass is 305 g/mol. The Morgan fingerprint density at radius 2 is 2.35 bits per heavy atom. The minimum atomic E-state index is 0.0266. The Hall–Kier alpha value is -0.470. The minimum absolute atomic E-state index is 0.0266. The summed E-state index contributed by atoms with van der Waals surface area (Å²) in [6.45, 7) is 2.14. The average Bonchev–Trinajstić information content (AvgIpc) is 2.64. The van der Waals surface area contributed by atoms with Crippen molar-refractivity contribution in [3.63, 3.8) is 0 Å². The van der Waals surface area contributed by atoms with Crippen molar-refractivity contribution >= 4 is 15.9 Å². The number of ether oxygens (including phenoxy) is 1. The molecule has 0 aliphatic carbocycles. The molecule has 0 spiro atoms. The van der Waals surface area contributed by atoms with Gasteiger partial charge in [0.2, 0.25) is 0 Å². The molecule has 6 nitrogen and oxygen atoms in total. The van der Waals surface area contributed by atoms with Crippen LogP contribution in [-0.2, 0) is 11.3 Å². The Bertz CT molecular complexity index is 341. The molecule has 17 heavy (non-hydrogen) atoms. The molecular formula is C10H20BrN5O. The van der Waals surface area contributed by atoms with Gasteiger partial charge in [0.15, 0.2) is 0 Å². The second-order valence-corrected chi connectivity index (χ2v) is 4.93. The highest BCUT2D eigenvalue weighted by Crippen LogP contribution is 2.23. The molecule has 0 fully saturated rings. The molecule has 7 heteroatoms. The third kappa shape index (κ3) is 4.04. The third-order valence-corrected chi connectivity index (χ3v) is 3.03. The van der Waals surface area contributed by atoms with E-state index in [1.807, 2.05) is 18.8 Å². The zero-order valence-corrected chi connectivity index (χ0v) is 12.1. The molecule has 0 aliphatic heterocycles. The van der Waals surface area contributed by atoms with Gasteiger partial charge in [-0.15, -0.1) is 0 Å². The maximum absolute atomic E-state index is 5.61. The fraction of sp³-hybridized carbons (Fsp3) is 0.700. The topological polar surface area (TPSA) is 68.3 Å². The fourth-order valence-electron chi connectivity index (χ4n) is 1.66. The predicted octanol–water partition coefficient (Wildman–Crippen LogP) is 0.358. The number of nitrogens with two attached hydrogens (primary N) is 1. The van der Waals surface area contributed by atoms with Gasteiger partial charge in [0.05, 0.1) is 35.6 Å². The first kappa shape index (κ1) is 14.6. The van der Waals surface area contributed by atoms with Gasteiger partial charge >= 0.3 is 0 Å². The highest BCUT2D eigenvalue weighted by atomic mass is 79.9. The summed E-state index contributed by atoms with van der Waals surface area (Å²) in [5.41, 5.74) is 3.86. The molecule has 3 N–H and O–H groups in total. The summed E-state index contributed by atoms with van der Waals surface area (Å²) >= 11 is 3.50. The number of rotatable bonds is 7. The maximum Gasteiger partial charge on any atom is 0.0767 e. The second kappa shape index (κ2) is 7.07. The van der Waals surface area contributed by atoms with Gasteiger partial charge in [-0.1, -0.05) is 0 Å². The molecule has 0 saturated heterocycles. The number of methoxy groups -OCH3 is 1. The smallest absolute Gasteiger partial charge is 0.0767 e. The lowest BCUT2D eigenvalue weighted by atomic mass is 10.2. The summed E-state index contributed by atoms with van der Waals surface area (Å²) in [4.78, 5) is 2.07. The van der Waals surface area contributed by atoms with Crippen LogP contribution in [0.4, 0.5) is 0 Å². The molecule has 0 bridgehead atoms. The Morgan fingerprint density at radius 1 is 1.65 bits per heavy atom. The molecule has 1 atom stereocenters. The number of hydrogen-bond donors (Lipinski definition) is 2. The van der Waals surface area contributed by atoms with Crippen LogP contribution in [0.5, 0.6) is 0 Å². The SMILES string of the molecule is COCCn1ncc(Br)c1C(CN(C)C)NN. The fourth-order valence-corrected chi connectivity index (χ4v) is 2.23. The van der Waals surface area contributed by atoms with Crippen LogP contribution in [0.1, 0.15) is 11.7 Å². The van der Waals surface area contributed by atoms with Crippen molar-refractivity contribution in [2.75, 3.05) is 34.4 Å². The number of hydrogen-bond acceptors (Lipinski definition) is 5. The van der Waals surface area contributed by atoms with E-state index in [4.69, 9.17) is 10.6 Å². The number of aromatic nitrogens is 2. The van der Waals surface area contributed by atoms with Crippen molar-refractivity contribution in [1.29, 1.82) is 0 Å². The largest absolute Gasteiger partial charge is 0.383 e. The van der Waals surface area contributed by atoms with E-state index in [0.29, 0.717) is 13.2 Å². The van der Waals surface area contributed by atoms with E-state index < -0.39 is 0 Å². The summed E-state index contributed by atoms with van der Waals surface area (Å²) in [6.07, 6.45) is 1.78. The molecule has 1 aromatic rings. The van der Waals surface area contributed by atoms with E-state index in [0.717, 1.165) is 16.7 Å². The quantitative estimate of drug-likeness (QED) is 0.562. The van der Waals surface area contributed by atoms with Crippen LogP contribution in [0.15, 0.2) is 10.7 Å². The van der Waals surface area contributed by atoms with Crippen LogP contribution in [0.2, 0.25) is 0 Å². The number of nitrogens with one attached hydrogen (secondary N) is 1. The number of halogens is 1. The predicted molar refractivity (Wildman–Crippen MR) is 70.4 cm³/mol. The second-order valence-electron chi connectivity index (χ2n) is 4.08. The molecule has 0 saturated carbocycles. The van der Waals surface area contributed by atoms with E-state index in [1.54, 1.807) is 13.3 Å². The van der Waals surface area contributed by atoms with Crippen LogP contribution in [-0.4, -0.2) is 49.0 Å². The van der Waals surface area contributed by atoms with E-state index in [9.17, 15) is 0 Å². The molecule has 0 aromatic carbocycles. The summed E-state index contributed by atoms with van der Waals surface area (Å²) in [7, 11) is 5.69. The highest BCUT2D eigenvalue weighted by molar-refractivity contribution is 9.10. The molecule has 1 rings (SSSR count). The lowest BCUT2D eigenvalue weighted by Crippen LogP contribution is -2.37. The summed E-state index contributed by atoms with van der Waals surface area (Å²) < 4.78 is 7.93. The summed E-state index contributed by atoms with van der Waals surface area (Å²) in [6, 6.07) is 0.0266. The van der Waals surface area contributed by atoms with Gasteiger partial charge in [0, 0.05) is 13.7 Å². The molecule has 98 valence electrons. The molecule has 1 unspecified atom stereocenters. The molecule has 1 aromatic heterocycles. The van der Waals surface area contributed by atoms with Gasteiger partial charge in [0.1, 0.15) is 0 Å². The standard InChI is InChI=1S/C10H20BrN5O/c1-15(2)7-9(14-12)10-8(11)6-13-16(10)4-5-17-3/h6,9,14H,4-5,7,12H2,1-3H3. The Balaban J connectivity index is 2.88. The lowest BCUT2D eigenvalue weighted by molar-refractivity contribution is 0.181. The van der Waals surface area contributed by atoms with Crippen molar-refractivity contribution in [2.24, 2.45) is 5.84 Å². The van der Waals surface area contributed by atoms with Gasteiger partial charge in [-0.05, 0) is 30.0 Å². The lowest BCUT2D eigenvalue weighted by Gasteiger charge is -2.21. The van der Waals surface area contributed by atoms with Crippen LogP contribution in [0.25, 0.3) is 0 Å². The van der Waals surface area contributed by atoms with Crippen molar-refractivity contribution in [1.82, 2.24) is 20.1 Å². The van der Waals surface area contributed by atoms with E-state index >= 15 is 0 Å². The Kier molecular flexibility index (Phi) is 6.07. The average molecular weight is 306 g/mol. The Labute approximate surface area is 110 Å². The van der Waals surface area contributed by atoms with Gasteiger partial charge in [-0.2, -0.15) is 5.10 Å².